The summed E-state index contributed by atoms with van der Waals surface area (Å²) in [5, 5.41) is 17.5. The smallest absolute Gasteiger partial charge is 0.408 e. The molecule has 8 heteroatoms. The highest BCUT2D eigenvalue weighted by molar-refractivity contribution is 5.86. The van der Waals surface area contributed by atoms with Crippen molar-refractivity contribution in [3.05, 3.63) is 132 Å². The molecule has 47 heavy (non-hydrogen) atoms. The molecule has 8 nitrogen and oxygen atoms in total. The Kier molecular flexibility index (Phi) is 8.24. The lowest BCUT2D eigenvalue weighted by Gasteiger charge is -2.24. The molecule has 1 atom stereocenters. The zero-order valence-corrected chi connectivity index (χ0v) is 27.1. The molecule has 0 radical (unpaired) electrons. The highest BCUT2D eigenvalue weighted by atomic mass is 16.6. The Balaban J connectivity index is 1.26. The normalized spacial score (nSPS) is 12.6. The van der Waals surface area contributed by atoms with Crippen molar-refractivity contribution in [3.63, 3.8) is 0 Å². The number of aromatic nitrogens is 5. The van der Waals surface area contributed by atoms with Gasteiger partial charge in [-0.1, -0.05) is 78.9 Å². The summed E-state index contributed by atoms with van der Waals surface area (Å²) in [6.45, 7) is 6.19. The lowest BCUT2D eigenvalue weighted by Crippen LogP contribution is -2.37. The molecule has 3 N–H and O–H groups in total. The van der Waals surface area contributed by atoms with Gasteiger partial charge in [0.1, 0.15) is 11.4 Å². The predicted octanol–water partition coefficient (Wildman–Crippen LogP) is 8.43. The molecule has 0 bridgehead atoms. The quantitative estimate of drug-likeness (QED) is 0.142. The number of ether oxygens (including phenoxy) is 1. The van der Waals surface area contributed by atoms with E-state index in [2.05, 4.69) is 105 Å². The Hall–Kier alpha value is -5.37. The van der Waals surface area contributed by atoms with Gasteiger partial charge in [-0.2, -0.15) is 0 Å². The topological polar surface area (TPSA) is 101 Å². The van der Waals surface area contributed by atoms with Gasteiger partial charge in [-0.15, -0.1) is 10.2 Å². The molecule has 7 aromatic rings. The molecule has 0 fully saturated rings. The number of benzene rings is 4. The summed E-state index contributed by atoms with van der Waals surface area (Å²) < 4.78 is 7.94. The van der Waals surface area contributed by atoms with Crippen molar-refractivity contribution in [1.29, 1.82) is 0 Å². The van der Waals surface area contributed by atoms with Crippen LogP contribution in [-0.4, -0.2) is 36.4 Å². The molecular formula is C39H40N6O2. The maximum atomic E-state index is 13.3. The van der Waals surface area contributed by atoms with E-state index in [1.165, 1.54) is 27.3 Å². The van der Waals surface area contributed by atoms with E-state index in [4.69, 9.17) is 14.9 Å². The SMILES string of the molecule is CC(C)(C)OC(=O)N[C@H](Cc1c[nH]c2ccccc12)c1nnc(CCCc2c[nH]c3ccccc23)n1Cc1cccc2ccccc12. The third-order valence-corrected chi connectivity index (χ3v) is 8.69. The number of amides is 1. The molecule has 3 aromatic heterocycles. The minimum Gasteiger partial charge on any atom is -0.444 e. The average molecular weight is 625 g/mol. The van der Waals surface area contributed by atoms with Gasteiger partial charge in [-0.3, -0.25) is 0 Å². The number of rotatable bonds is 10. The molecule has 4 aromatic carbocycles. The zero-order valence-electron chi connectivity index (χ0n) is 27.1. The second-order valence-electron chi connectivity index (χ2n) is 13.2. The number of hydrogen-bond donors (Lipinski definition) is 3. The fraction of sp³-hybridized carbons (Fsp3) is 0.256. The van der Waals surface area contributed by atoms with E-state index in [1.807, 2.05) is 39.1 Å². The minimum absolute atomic E-state index is 0.478. The first-order valence-electron chi connectivity index (χ1n) is 16.3. The number of aromatic amines is 2. The lowest BCUT2D eigenvalue weighted by molar-refractivity contribution is 0.0500. The molecule has 0 spiro atoms. The van der Waals surface area contributed by atoms with E-state index in [-0.39, 0.29) is 0 Å². The molecule has 7 rings (SSSR count). The van der Waals surface area contributed by atoms with Gasteiger partial charge in [-0.05, 0) is 73.2 Å². The fourth-order valence-electron chi connectivity index (χ4n) is 6.52. The largest absolute Gasteiger partial charge is 0.444 e. The molecule has 0 saturated carbocycles. The number of nitrogens with one attached hydrogen (secondary N) is 3. The number of fused-ring (bicyclic) bond motifs is 3. The number of alkyl carbamates (subject to hydrolysis) is 1. The molecule has 3 heterocycles. The number of nitrogens with zero attached hydrogens (tertiary/aromatic N) is 3. The number of H-pyrrole nitrogens is 2. The van der Waals surface area contributed by atoms with Crippen LogP contribution in [-0.2, 0) is 30.5 Å². The van der Waals surface area contributed by atoms with Crippen molar-refractivity contribution >= 4 is 38.7 Å². The van der Waals surface area contributed by atoms with Crippen molar-refractivity contribution < 1.29 is 9.53 Å². The van der Waals surface area contributed by atoms with Crippen LogP contribution in [0.3, 0.4) is 0 Å². The zero-order chi connectivity index (χ0) is 32.4. The van der Waals surface area contributed by atoms with E-state index < -0.39 is 17.7 Å². The molecule has 1 amide bonds. The molecular weight excluding hydrogens is 584 g/mol. The van der Waals surface area contributed by atoms with E-state index >= 15 is 0 Å². The van der Waals surface area contributed by atoms with Crippen molar-refractivity contribution in [3.8, 4) is 0 Å². The standard InChI is InChI=1S/C39H40N6O2/c1-39(2,3)47-38(46)42-35(22-29-24-41-34-20-9-7-18-32(29)34)37-44-43-36(21-11-14-27-23-40-33-19-8-6-17-31(27)33)45(37)25-28-15-10-13-26-12-4-5-16-30(26)28/h4-10,12-13,15-20,23-24,35,40-41H,11,14,21-22,25H2,1-3H3,(H,42,46)/t35-/m1/s1. The van der Waals surface area contributed by atoms with Gasteiger partial charge >= 0.3 is 6.09 Å². The Morgan fingerprint density at radius 3 is 2.15 bits per heavy atom. The van der Waals surface area contributed by atoms with Crippen LogP contribution in [0.2, 0.25) is 0 Å². The molecule has 0 saturated heterocycles. The summed E-state index contributed by atoms with van der Waals surface area (Å²) in [4.78, 5) is 20.1. The van der Waals surface area contributed by atoms with Crippen molar-refractivity contribution in [2.45, 2.75) is 64.6 Å². The molecule has 0 unspecified atom stereocenters. The second-order valence-corrected chi connectivity index (χ2v) is 13.2. The Morgan fingerprint density at radius 2 is 1.40 bits per heavy atom. The molecule has 0 aliphatic heterocycles. The monoisotopic (exact) mass is 624 g/mol. The Labute approximate surface area is 274 Å². The van der Waals surface area contributed by atoms with Crippen LogP contribution >= 0.6 is 0 Å². The van der Waals surface area contributed by atoms with Crippen LogP contribution in [0.5, 0.6) is 0 Å². The third kappa shape index (κ3) is 6.63. The fourth-order valence-corrected chi connectivity index (χ4v) is 6.52. The first-order valence-corrected chi connectivity index (χ1v) is 16.3. The summed E-state index contributed by atoms with van der Waals surface area (Å²) in [6, 6.07) is 31.0. The van der Waals surface area contributed by atoms with Gasteiger partial charge in [-0.25, -0.2) is 4.79 Å². The number of hydrogen-bond acceptors (Lipinski definition) is 4. The van der Waals surface area contributed by atoms with Crippen LogP contribution in [0.15, 0.2) is 103 Å². The van der Waals surface area contributed by atoms with Crippen LogP contribution in [0, 0.1) is 0 Å². The average Bonchev–Trinajstić information content (AvgIpc) is 3.78. The van der Waals surface area contributed by atoms with Crippen LogP contribution in [0.1, 0.15) is 61.6 Å². The minimum atomic E-state index is -0.639. The summed E-state index contributed by atoms with van der Waals surface area (Å²) in [6.07, 6.45) is 6.72. The lowest BCUT2D eigenvalue weighted by atomic mass is 10.0. The Morgan fingerprint density at radius 1 is 0.766 bits per heavy atom. The van der Waals surface area contributed by atoms with Crippen molar-refractivity contribution in [2.24, 2.45) is 0 Å². The number of carbonyl (C=O) groups is 1. The number of aryl methyl sites for hydroxylation is 2. The van der Waals surface area contributed by atoms with Crippen LogP contribution in [0.25, 0.3) is 32.6 Å². The predicted molar refractivity (Wildman–Crippen MR) is 188 cm³/mol. The van der Waals surface area contributed by atoms with Gasteiger partial charge in [0.25, 0.3) is 0 Å². The molecule has 0 aliphatic rings. The maximum absolute atomic E-state index is 13.3. The van der Waals surface area contributed by atoms with E-state index in [9.17, 15) is 4.79 Å². The highest BCUT2D eigenvalue weighted by Gasteiger charge is 2.27. The van der Waals surface area contributed by atoms with E-state index in [1.54, 1.807) is 0 Å². The van der Waals surface area contributed by atoms with Crippen molar-refractivity contribution in [2.75, 3.05) is 0 Å². The molecule has 0 aliphatic carbocycles. The van der Waals surface area contributed by atoms with Gasteiger partial charge in [0.15, 0.2) is 5.82 Å². The second kappa shape index (κ2) is 12.8. The summed E-state index contributed by atoms with van der Waals surface area (Å²) in [5.74, 6) is 1.60. The van der Waals surface area contributed by atoms with E-state index in [0.717, 1.165) is 47.1 Å². The van der Waals surface area contributed by atoms with Crippen molar-refractivity contribution in [1.82, 2.24) is 30.0 Å². The van der Waals surface area contributed by atoms with Gasteiger partial charge in [0.2, 0.25) is 0 Å². The maximum Gasteiger partial charge on any atom is 0.408 e. The van der Waals surface area contributed by atoms with E-state index in [0.29, 0.717) is 18.8 Å². The number of para-hydroxylation sites is 2. The number of carbonyl (C=O) groups excluding carboxylic acids is 1. The summed E-state index contributed by atoms with van der Waals surface area (Å²) >= 11 is 0. The molecule has 238 valence electrons. The first-order chi connectivity index (χ1) is 22.8. The Bertz CT molecular complexity index is 2160. The summed E-state index contributed by atoms with van der Waals surface area (Å²) in [5.41, 5.74) is 5.11. The van der Waals surface area contributed by atoms with Gasteiger partial charge < -0.3 is 24.6 Å². The van der Waals surface area contributed by atoms with Gasteiger partial charge in [0, 0.05) is 47.0 Å². The summed E-state index contributed by atoms with van der Waals surface area (Å²) in [7, 11) is 0. The third-order valence-electron chi connectivity index (χ3n) is 8.69. The van der Waals surface area contributed by atoms with Gasteiger partial charge in [0.05, 0.1) is 12.6 Å². The van der Waals surface area contributed by atoms with Crippen LogP contribution in [0.4, 0.5) is 4.79 Å². The first kappa shape index (κ1) is 30.3. The highest BCUT2D eigenvalue weighted by Crippen LogP contribution is 2.28. The van der Waals surface area contributed by atoms with Crippen LogP contribution < -0.4 is 5.32 Å².